The second kappa shape index (κ2) is 7.78. The molecule has 1 aliphatic rings. The van der Waals surface area contributed by atoms with Gasteiger partial charge in [-0.2, -0.15) is 0 Å². The first-order valence-electron chi connectivity index (χ1n) is 7.57. The van der Waals surface area contributed by atoms with E-state index in [1.54, 1.807) is 0 Å². The fourth-order valence-electron chi connectivity index (χ4n) is 2.94. The topological polar surface area (TPSA) is 32.3 Å². The predicted molar refractivity (Wildman–Crippen MR) is 76.5 cm³/mol. The van der Waals surface area contributed by atoms with E-state index in [9.17, 15) is 4.79 Å². The van der Waals surface area contributed by atoms with Crippen LogP contribution in [-0.2, 0) is 4.79 Å². The molecule has 1 rings (SSSR count). The van der Waals surface area contributed by atoms with Gasteiger partial charge in [0.05, 0.1) is 0 Å². The molecule has 1 aliphatic heterocycles. The van der Waals surface area contributed by atoms with Crippen molar-refractivity contribution >= 4 is 5.91 Å². The molecule has 0 radical (unpaired) electrons. The maximum absolute atomic E-state index is 12.2. The van der Waals surface area contributed by atoms with Crippen molar-refractivity contribution in [3.8, 4) is 0 Å². The van der Waals surface area contributed by atoms with Gasteiger partial charge in [0, 0.05) is 25.6 Å². The minimum atomic E-state index is 0.341. The van der Waals surface area contributed by atoms with E-state index in [-0.39, 0.29) is 0 Å². The molecule has 2 unspecified atom stereocenters. The van der Waals surface area contributed by atoms with Crippen LogP contribution in [0.1, 0.15) is 53.4 Å². The highest BCUT2D eigenvalue weighted by molar-refractivity contribution is 5.76. The highest BCUT2D eigenvalue weighted by atomic mass is 16.2. The van der Waals surface area contributed by atoms with E-state index in [2.05, 4.69) is 37.9 Å². The van der Waals surface area contributed by atoms with Crippen LogP contribution in [-0.4, -0.2) is 36.5 Å². The van der Waals surface area contributed by atoms with Crippen LogP contribution in [0.15, 0.2) is 0 Å². The van der Waals surface area contributed by atoms with Gasteiger partial charge in [-0.05, 0) is 31.2 Å². The third-order valence-electron chi connectivity index (χ3n) is 3.66. The molecule has 106 valence electrons. The van der Waals surface area contributed by atoms with Gasteiger partial charge >= 0.3 is 0 Å². The predicted octanol–water partition coefficient (Wildman–Crippen LogP) is 2.66. The number of amides is 1. The quantitative estimate of drug-likeness (QED) is 0.790. The molecule has 1 fully saturated rings. The number of hydrogen-bond donors (Lipinski definition) is 1. The lowest BCUT2D eigenvalue weighted by molar-refractivity contribution is -0.134. The van der Waals surface area contributed by atoms with Crippen molar-refractivity contribution in [3.63, 3.8) is 0 Å². The van der Waals surface area contributed by atoms with Gasteiger partial charge < -0.3 is 10.2 Å². The zero-order valence-electron chi connectivity index (χ0n) is 12.5. The zero-order valence-corrected chi connectivity index (χ0v) is 12.5. The number of rotatable bonds is 6. The maximum atomic E-state index is 12.2. The summed E-state index contributed by atoms with van der Waals surface area (Å²) in [5, 5.41) is 3.52. The van der Waals surface area contributed by atoms with Gasteiger partial charge in [0.25, 0.3) is 0 Å². The second-order valence-corrected chi connectivity index (χ2v) is 6.04. The van der Waals surface area contributed by atoms with Crippen LogP contribution in [0.2, 0.25) is 0 Å². The SMILES string of the molecule is CCCC1CC(NCC)CN(C(=O)CC(C)C)C1. The Bertz CT molecular complexity index is 239. The third-order valence-corrected chi connectivity index (χ3v) is 3.66. The van der Waals surface area contributed by atoms with Crippen LogP contribution in [0.5, 0.6) is 0 Å². The van der Waals surface area contributed by atoms with Crippen molar-refractivity contribution in [1.82, 2.24) is 10.2 Å². The number of nitrogens with zero attached hydrogens (tertiary/aromatic N) is 1. The van der Waals surface area contributed by atoms with E-state index < -0.39 is 0 Å². The molecule has 0 aromatic rings. The van der Waals surface area contributed by atoms with Gasteiger partial charge in [-0.1, -0.05) is 34.1 Å². The summed E-state index contributed by atoms with van der Waals surface area (Å²) in [6.07, 6.45) is 4.38. The molecule has 3 heteroatoms. The Hall–Kier alpha value is -0.570. The molecule has 0 aromatic carbocycles. The molecular formula is C15H30N2O. The molecule has 3 nitrogen and oxygen atoms in total. The largest absolute Gasteiger partial charge is 0.341 e. The molecule has 1 heterocycles. The molecule has 18 heavy (non-hydrogen) atoms. The van der Waals surface area contributed by atoms with E-state index in [0.29, 0.717) is 30.2 Å². The van der Waals surface area contributed by atoms with E-state index in [1.807, 2.05) is 0 Å². The summed E-state index contributed by atoms with van der Waals surface area (Å²) in [7, 11) is 0. The molecule has 1 amide bonds. The van der Waals surface area contributed by atoms with E-state index in [1.165, 1.54) is 19.3 Å². The van der Waals surface area contributed by atoms with E-state index >= 15 is 0 Å². The van der Waals surface area contributed by atoms with Crippen LogP contribution < -0.4 is 5.32 Å². The van der Waals surface area contributed by atoms with E-state index in [4.69, 9.17) is 0 Å². The molecular weight excluding hydrogens is 224 g/mol. The summed E-state index contributed by atoms with van der Waals surface area (Å²) in [4.78, 5) is 14.3. The van der Waals surface area contributed by atoms with Gasteiger partial charge in [-0.25, -0.2) is 0 Å². The third kappa shape index (κ3) is 4.97. The number of carbonyl (C=O) groups is 1. The van der Waals surface area contributed by atoms with Crippen molar-refractivity contribution < 1.29 is 4.79 Å². The average molecular weight is 254 g/mol. The lowest BCUT2D eigenvalue weighted by atomic mass is 9.90. The van der Waals surface area contributed by atoms with Crippen molar-refractivity contribution in [2.75, 3.05) is 19.6 Å². The smallest absolute Gasteiger partial charge is 0.222 e. The molecule has 0 spiro atoms. The van der Waals surface area contributed by atoms with Crippen LogP contribution in [0.3, 0.4) is 0 Å². The Morgan fingerprint density at radius 1 is 1.33 bits per heavy atom. The van der Waals surface area contributed by atoms with Crippen LogP contribution in [0.25, 0.3) is 0 Å². The number of carbonyl (C=O) groups excluding carboxylic acids is 1. The maximum Gasteiger partial charge on any atom is 0.222 e. The lowest BCUT2D eigenvalue weighted by Gasteiger charge is -2.38. The van der Waals surface area contributed by atoms with Gasteiger partial charge in [-0.3, -0.25) is 4.79 Å². The molecule has 1 saturated heterocycles. The van der Waals surface area contributed by atoms with Gasteiger partial charge in [0.15, 0.2) is 0 Å². The Labute approximate surface area is 112 Å². The van der Waals surface area contributed by atoms with Crippen molar-refractivity contribution in [2.24, 2.45) is 11.8 Å². The monoisotopic (exact) mass is 254 g/mol. The van der Waals surface area contributed by atoms with Crippen LogP contribution in [0, 0.1) is 11.8 Å². The van der Waals surface area contributed by atoms with Crippen molar-refractivity contribution in [1.29, 1.82) is 0 Å². The first kappa shape index (κ1) is 15.5. The number of hydrogen-bond acceptors (Lipinski definition) is 2. The normalized spacial score (nSPS) is 24.6. The summed E-state index contributed by atoms with van der Waals surface area (Å²) in [6, 6.07) is 0.497. The minimum Gasteiger partial charge on any atom is -0.341 e. The second-order valence-electron chi connectivity index (χ2n) is 6.04. The molecule has 2 atom stereocenters. The Kier molecular flexibility index (Phi) is 6.69. The molecule has 0 bridgehead atoms. The van der Waals surface area contributed by atoms with Crippen molar-refractivity contribution in [3.05, 3.63) is 0 Å². The number of piperidine rings is 1. The summed E-state index contributed by atoms with van der Waals surface area (Å²) < 4.78 is 0. The average Bonchev–Trinajstić information content (AvgIpc) is 2.28. The molecule has 0 saturated carbocycles. The number of nitrogens with one attached hydrogen (secondary N) is 1. The summed E-state index contributed by atoms with van der Waals surface area (Å²) in [6.45, 7) is 11.5. The highest BCUT2D eigenvalue weighted by Gasteiger charge is 2.28. The number of likely N-dealkylation sites (tertiary alicyclic amines) is 1. The fourth-order valence-corrected chi connectivity index (χ4v) is 2.94. The fraction of sp³-hybridized carbons (Fsp3) is 0.933. The molecule has 0 aliphatic carbocycles. The Morgan fingerprint density at radius 3 is 2.61 bits per heavy atom. The van der Waals surface area contributed by atoms with Crippen LogP contribution >= 0.6 is 0 Å². The Morgan fingerprint density at radius 2 is 2.06 bits per heavy atom. The van der Waals surface area contributed by atoms with Crippen LogP contribution in [0.4, 0.5) is 0 Å². The molecule has 0 aromatic heterocycles. The highest BCUT2D eigenvalue weighted by Crippen LogP contribution is 2.22. The zero-order chi connectivity index (χ0) is 13.5. The van der Waals surface area contributed by atoms with E-state index in [0.717, 1.165) is 19.6 Å². The standard InChI is InChI=1S/C15H30N2O/c1-5-7-13-9-14(16-6-2)11-17(10-13)15(18)8-12(3)4/h12-14,16H,5-11H2,1-4H3. The van der Waals surface area contributed by atoms with Gasteiger partial charge in [0.1, 0.15) is 0 Å². The Balaban J connectivity index is 2.57. The summed E-state index contributed by atoms with van der Waals surface area (Å²) in [5.74, 6) is 1.49. The van der Waals surface area contributed by atoms with Crippen molar-refractivity contribution in [2.45, 2.75) is 59.4 Å². The first-order valence-corrected chi connectivity index (χ1v) is 7.57. The van der Waals surface area contributed by atoms with Gasteiger partial charge in [-0.15, -0.1) is 0 Å². The number of likely N-dealkylation sites (N-methyl/N-ethyl adjacent to an activating group) is 1. The summed E-state index contributed by atoms with van der Waals surface area (Å²) in [5.41, 5.74) is 0. The minimum absolute atomic E-state index is 0.341. The molecule has 1 N–H and O–H groups in total. The lowest BCUT2D eigenvalue weighted by Crippen LogP contribution is -2.51. The summed E-state index contributed by atoms with van der Waals surface area (Å²) >= 11 is 0. The van der Waals surface area contributed by atoms with Gasteiger partial charge in [0.2, 0.25) is 5.91 Å². The first-order chi connectivity index (χ1) is 8.56.